The number of nitrogens with one attached hydrogen (secondary N) is 1. The van der Waals surface area contributed by atoms with E-state index >= 15 is 0 Å². The molecular weight excluding hydrogens is 468 g/mol. The average Bonchev–Trinajstić information content (AvgIpc) is 2.82. The molecule has 2 aromatic carbocycles. The number of carbonyl (C=O) groups is 1. The zero-order valence-corrected chi connectivity index (χ0v) is 21.4. The molecule has 3 rings (SSSR count). The molecule has 1 N–H and O–H groups in total. The Hall–Kier alpha value is -2.98. The minimum Gasteiger partial charge on any atom is -0.350 e. The highest BCUT2D eigenvalue weighted by molar-refractivity contribution is 7.92. The summed E-state index contributed by atoms with van der Waals surface area (Å²) in [4.78, 5) is 26.2. The molecule has 10 heteroatoms. The van der Waals surface area contributed by atoms with Crippen LogP contribution < -0.4 is 9.62 Å². The lowest BCUT2D eigenvalue weighted by molar-refractivity contribution is -0.384. The molecule has 0 saturated carbocycles. The highest BCUT2D eigenvalue weighted by atomic mass is 32.2. The van der Waals surface area contributed by atoms with E-state index in [4.69, 9.17) is 0 Å². The van der Waals surface area contributed by atoms with Gasteiger partial charge in [0.15, 0.2) is 0 Å². The minimum absolute atomic E-state index is 0.130. The number of benzene rings is 2. The standard InChI is InChI=1S/C25H34N4O5S/c1-4-23(28(35(3,33)34)24-16-22(29(31)32)13-8-19(24)2)25(30)26-17-20-9-11-21(12-10-20)18-27-14-6-5-7-15-27/h8-13,16,23H,4-7,14-15,17-18H2,1-3H3,(H,26,30)/t23-/m0/s1. The number of nitro benzene ring substituents is 1. The molecule has 0 aliphatic carbocycles. The predicted molar refractivity (Wildman–Crippen MR) is 137 cm³/mol. The monoisotopic (exact) mass is 502 g/mol. The van der Waals surface area contributed by atoms with Gasteiger partial charge in [0.05, 0.1) is 16.9 Å². The first-order valence-corrected chi connectivity index (χ1v) is 13.8. The Morgan fingerprint density at radius 1 is 1.11 bits per heavy atom. The number of aryl methyl sites for hydroxylation is 1. The molecule has 1 saturated heterocycles. The van der Waals surface area contributed by atoms with Gasteiger partial charge in [0.1, 0.15) is 6.04 Å². The lowest BCUT2D eigenvalue weighted by Crippen LogP contribution is -2.49. The number of anilines is 1. The summed E-state index contributed by atoms with van der Waals surface area (Å²) in [6.45, 7) is 6.79. The third kappa shape index (κ3) is 7.02. The fourth-order valence-corrected chi connectivity index (χ4v) is 5.69. The van der Waals surface area contributed by atoms with Gasteiger partial charge in [-0.05, 0) is 56.0 Å². The number of hydrogen-bond acceptors (Lipinski definition) is 6. The van der Waals surface area contributed by atoms with Crippen molar-refractivity contribution in [2.45, 2.75) is 58.7 Å². The Morgan fingerprint density at radius 2 is 1.74 bits per heavy atom. The van der Waals surface area contributed by atoms with Crippen LogP contribution in [0, 0.1) is 17.0 Å². The van der Waals surface area contributed by atoms with Crippen LogP contribution in [0.3, 0.4) is 0 Å². The number of likely N-dealkylation sites (tertiary alicyclic amines) is 1. The molecule has 1 amide bonds. The Kier molecular flexibility index (Phi) is 8.85. The van der Waals surface area contributed by atoms with Gasteiger partial charge in [-0.15, -0.1) is 0 Å². The van der Waals surface area contributed by atoms with E-state index in [9.17, 15) is 23.3 Å². The maximum Gasteiger partial charge on any atom is 0.271 e. The van der Waals surface area contributed by atoms with Crippen molar-refractivity contribution in [2.75, 3.05) is 23.7 Å². The second kappa shape index (κ2) is 11.6. The summed E-state index contributed by atoms with van der Waals surface area (Å²) in [5, 5.41) is 14.1. The van der Waals surface area contributed by atoms with Crippen molar-refractivity contribution in [2.24, 2.45) is 0 Å². The summed E-state index contributed by atoms with van der Waals surface area (Å²) in [6.07, 6.45) is 4.98. The maximum atomic E-state index is 13.1. The van der Waals surface area contributed by atoms with E-state index in [0.29, 0.717) is 5.56 Å². The number of piperidine rings is 1. The third-order valence-electron chi connectivity index (χ3n) is 6.32. The van der Waals surface area contributed by atoms with Crippen molar-refractivity contribution >= 4 is 27.3 Å². The summed E-state index contributed by atoms with van der Waals surface area (Å²) in [7, 11) is -3.90. The van der Waals surface area contributed by atoms with Gasteiger partial charge in [-0.25, -0.2) is 8.42 Å². The number of nitrogens with zero attached hydrogens (tertiary/aromatic N) is 3. The molecule has 1 aliphatic heterocycles. The molecule has 1 atom stereocenters. The van der Waals surface area contributed by atoms with Crippen LogP contribution in [0.5, 0.6) is 0 Å². The molecule has 9 nitrogen and oxygen atoms in total. The molecule has 0 radical (unpaired) electrons. The first-order chi connectivity index (χ1) is 16.6. The van der Waals surface area contributed by atoms with Gasteiger partial charge in [0.2, 0.25) is 15.9 Å². The molecule has 190 valence electrons. The summed E-state index contributed by atoms with van der Waals surface area (Å²) in [6, 6.07) is 11.0. The Balaban J connectivity index is 1.72. The van der Waals surface area contributed by atoms with Gasteiger partial charge in [0, 0.05) is 25.2 Å². The zero-order chi connectivity index (χ0) is 25.6. The molecule has 1 heterocycles. The van der Waals surface area contributed by atoms with Crippen molar-refractivity contribution in [3.8, 4) is 0 Å². The van der Waals surface area contributed by atoms with Crippen molar-refractivity contribution < 1.29 is 18.1 Å². The normalized spacial score (nSPS) is 15.4. The largest absolute Gasteiger partial charge is 0.350 e. The third-order valence-corrected chi connectivity index (χ3v) is 7.48. The van der Waals surface area contributed by atoms with E-state index < -0.39 is 26.9 Å². The molecule has 0 spiro atoms. The summed E-state index contributed by atoms with van der Waals surface area (Å²) in [5.41, 5.74) is 2.55. The number of non-ortho nitro benzene ring substituents is 1. The van der Waals surface area contributed by atoms with E-state index in [1.165, 1.54) is 43.0 Å². The first kappa shape index (κ1) is 26.6. The number of sulfonamides is 1. The van der Waals surface area contributed by atoms with Crippen LogP contribution in [0.1, 0.15) is 49.3 Å². The van der Waals surface area contributed by atoms with Crippen molar-refractivity contribution in [1.82, 2.24) is 10.2 Å². The molecule has 1 aliphatic rings. The van der Waals surface area contributed by atoms with Crippen LogP contribution in [0.15, 0.2) is 42.5 Å². The Bertz CT molecular complexity index is 1140. The van der Waals surface area contributed by atoms with Gasteiger partial charge in [0.25, 0.3) is 5.69 Å². The van der Waals surface area contributed by atoms with E-state index in [1.807, 2.05) is 12.1 Å². The highest BCUT2D eigenvalue weighted by Gasteiger charge is 2.33. The van der Waals surface area contributed by atoms with Crippen LogP contribution in [0.4, 0.5) is 11.4 Å². The number of rotatable bonds is 10. The molecule has 0 aromatic heterocycles. The Labute approximate surface area is 207 Å². The topological polar surface area (TPSA) is 113 Å². The molecule has 0 bridgehead atoms. The molecule has 2 aromatic rings. The van der Waals surface area contributed by atoms with Gasteiger partial charge in [-0.1, -0.05) is 43.7 Å². The lowest BCUT2D eigenvalue weighted by Gasteiger charge is -2.31. The van der Waals surface area contributed by atoms with E-state index in [1.54, 1.807) is 13.8 Å². The predicted octanol–water partition coefficient (Wildman–Crippen LogP) is 3.75. The van der Waals surface area contributed by atoms with Gasteiger partial charge >= 0.3 is 0 Å². The minimum atomic E-state index is -3.90. The number of carbonyl (C=O) groups excluding carboxylic acids is 1. The smallest absolute Gasteiger partial charge is 0.271 e. The summed E-state index contributed by atoms with van der Waals surface area (Å²) in [5.74, 6) is -0.457. The van der Waals surface area contributed by atoms with Gasteiger partial charge in [-0.3, -0.25) is 24.1 Å². The van der Waals surface area contributed by atoms with Crippen LogP contribution in [-0.2, 0) is 27.9 Å². The maximum absolute atomic E-state index is 13.1. The summed E-state index contributed by atoms with van der Waals surface area (Å²) < 4.78 is 26.4. The molecule has 35 heavy (non-hydrogen) atoms. The summed E-state index contributed by atoms with van der Waals surface area (Å²) >= 11 is 0. The Morgan fingerprint density at radius 3 is 2.31 bits per heavy atom. The first-order valence-electron chi connectivity index (χ1n) is 11.9. The molecule has 1 fully saturated rings. The van der Waals surface area contributed by atoms with E-state index in [0.717, 1.165) is 35.8 Å². The highest BCUT2D eigenvalue weighted by Crippen LogP contribution is 2.30. The van der Waals surface area contributed by atoms with Gasteiger partial charge < -0.3 is 5.32 Å². The number of hydrogen-bond donors (Lipinski definition) is 1. The number of amides is 1. The fourth-order valence-electron chi connectivity index (χ4n) is 4.43. The van der Waals surface area contributed by atoms with Gasteiger partial charge in [-0.2, -0.15) is 0 Å². The van der Waals surface area contributed by atoms with Crippen LogP contribution >= 0.6 is 0 Å². The molecular formula is C25H34N4O5S. The fraction of sp³-hybridized carbons (Fsp3) is 0.480. The van der Waals surface area contributed by atoms with Crippen molar-refractivity contribution in [1.29, 1.82) is 0 Å². The average molecular weight is 503 g/mol. The quantitative estimate of drug-likeness (QED) is 0.391. The SMILES string of the molecule is CC[C@@H](C(=O)NCc1ccc(CN2CCCCC2)cc1)N(c1cc([N+](=O)[O-])ccc1C)S(C)(=O)=O. The number of nitro groups is 1. The second-order valence-corrected chi connectivity index (χ2v) is 10.9. The second-order valence-electron chi connectivity index (χ2n) is 9.08. The van der Waals surface area contributed by atoms with Crippen LogP contribution in [0.2, 0.25) is 0 Å². The zero-order valence-electron chi connectivity index (χ0n) is 20.6. The van der Waals surface area contributed by atoms with Crippen molar-refractivity contribution in [3.05, 3.63) is 69.3 Å². The van der Waals surface area contributed by atoms with E-state index in [2.05, 4.69) is 22.3 Å². The molecule has 0 unspecified atom stereocenters. The van der Waals surface area contributed by atoms with Crippen molar-refractivity contribution in [3.63, 3.8) is 0 Å². The van der Waals surface area contributed by atoms with Crippen LogP contribution in [0.25, 0.3) is 0 Å². The van der Waals surface area contributed by atoms with Crippen LogP contribution in [-0.4, -0.2) is 49.5 Å². The lowest BCUT2D eigenvalue weighted by atomic mass is 10.1. The van der Waals surface area contributed by atoms with E-state index in [-0.39, 0.29) is 24.3 Å².